The molecule has 3 rings (SSSR count). The zero-order valence-corrected chi connectivity index (χ0v) is 14.5. The molecule has 6 heteroatoms. The smallest absolute Gasteiger partial charge is 0.191 e. The highest BCUT2D eigenvalue weighted by Crippen LogP contribution is 2.17. The number of aliphatic imine (C=N–C) groups is 1. The number of rotatable bonds is 5. The highest BCUT2D eigenvalue weighted by atomic mass is 15.3. The van der Waals surface area contributed by atoms with Crippen LogP contribution in [-0.2, 0) is 26.6 Å². The summed E-state index contributed by atoms with van der Waals surface area (Å²) in [6.07, 6.45) is 2.95. The van der Waals surface area contributed by atoms with E-state index in [-0.39, 0.29) is 0 Å². The monoisotopic (exact) mass is 326 g/mol. The number of benzene rings is 1. The molecule has 1 aliphatic rings. The third kappa shape index (κ3) is 4.14. The van der Waals surface area contributed by atoms with Crippen LogP contribution in [0.25, 0.3) is 0 Å². The first-order valence-electron chi connectivity index (χ1n) is 8.47. The molecular weight excluding hydrogens is 300 g/mol. The predicted molar refractivity (Wildman–Crippen MR) is 96.8 cm³/mol. The van der Waals surface area contributed by atoms with Crippen molar-refractivity contribution in [3.8, 4) is 0 Å². The third-order valence-electron chi connectivity index (χ3n) is 4.51. The average Bonchev–Trinajstić information content (AvgIpc) is 3.03. The van der Waals surface area contributed by atoms with Crippen molar-refractivity contribution in [3.63, 3.8) is 0 Å². The summed E-state index contributed by atoms with van der Waals surface area (Å²) in [4.78, 5) is 6.77. The molecule has 1 aliphatic heterocycles. The number of nitrogens with zero attached hydrogens (tertiary/aromatic N) is 4. The van der Waals surface area contributed by atoms with E-state index in [1.165, 1.54) is 11.1 Å². The lowest BCUT2D eigenvalue weighted by Crippen LogP contribution is -2.42. The van der Waals surface area contributed by atoms with Crippen LogP contribution in [0.4, 0.5) is 0 Å². The van der Waals surface area contributed by atoms with E-state index in [0.717, 1.165) is 44.3 Å². The predicted octanol–water partition coefficient (Wildman–Crippen LogP) is 1.14. The summed E-state index contributed by atoms with van der Waals surface area (Å²) < 4.78 is 1.87. The molecule has 0 spiro atoms. The summed E-state index contributed by atoms with van der Waals surface area (Å²) in [5, 5.41) is 10.9. The van der Waals surface area contributed by atoms with Crippen LogP contribution in [0.5, 0.6) is 0 Å². The lowest BCUT2D eigenvalue weighted by Gasteiger charge is -2.28. The number of aryl methyl sites for hydroxylation is 1. The van der Waals surface area contributed by atoms with Gasteiger partial charge >= 0.3 is 0 Å². The van der Waals surface area contributed by atoms with Crippen molar-refractivity contribution in [3.05, 3.63) is 53.3 Å². The van der Waals surface area contributed by atoms with Gasteiger partial charge in [0.15, 0.2) is 5.96 Å². The second-order valence-corrected chi connectivity index (χ2v) is 6.09. The molecule has 0 radical (unpaired) electrons. The molecule has 2 aromatic rings. The Balaban J connectivity index is 1.41. The van der Waals surface area contributed by atoms with Crippen molar-refractivity contribution in [2.75, 3.05) is 26.7 Å². The number of hydrogen-bond acceptors (Lipinski definition) is 3. The first-order valence-corrected chi connectivity index (χ1v) is 8.47. The van der Waals surface area contributed by atoms with Gasteiger partial charge < -0.3 is 10.6 Å². The van der Waals surface area contributed by atoms with Crippen LogP contribution in [0.2, 0.25) is 0 Å². The minimum absolute atomic E-state index is 0.716. The minimum atomic E-state index is 0.716. The molecular formula is C18H26N6. The Morgan fingerprint density at radius 1 is 1.21 bits per heavy atom. The average molecular weight is 326 g/mol. The van der Waals surface area contributed by atoms with E-state index in [0.29, 0.717) is 6.54 Å². The zero-order valence-electron chi connectivity index (χ0n) is 14.5. The van der Waals surface area contributed by atoms with Gasteiger partial charge in [-0.2, -0.15) is 5.10 Å². The summed E-state index contributed by atoms with van der Waals surface area (Å²) in [6, 6.07) is 10.8. The van der Waals surface area contributed by atoms with E-state index < -0.39 is 0 Å². The van der Waals surface area contributed by atoms with Gasteiger partial charge in [0.05, 0.1) is 12.2 Å². The Bertz CT molecular complexity index is 690. The number of hydrogen-bond donors (Lipinski definition) is 2. The lowest BCUT2D eigenvalue weighted by molar-refractivity contribution is 0.258. The molecule has 0 atom stereocenters. The molecule has 0 unspecified atom stereocenters. The quantitative estimate of drug-likeness (QED) is 0.639. The maximum atomic E-state index is 4.28. The molecule has 6 nitrogen and oxygen atoms in total. The van der Waals surface area contributed by atoms with Crippen LogP contribution in [0.3, 0.4) is 0 Å². The first-order chi connectivity index (χ1) is 11.8. The third-order valence-corrected chi connectivity index (χ3v) is 4.51. The van der Waals surface area contributed by atoms with Crippen LogP contribution < -0.4 is 10.6 Å². The Hall–Kier alpha value is -2.34. The Labute approximate surface area is 143 Å². The molecule has 2 heterocycles. The molecule has 0 amide bonds. The van der Waals surface area contributed by atoms with Crippen LogP contribution in [0, 0.1) is 0 Å². The van der Waals surface area contributed by atoms with Gasteiger partial charge in [0, 0.05) is 46.5 Å². The molecule has 1 aromatic carbocycles. The highest BCUT2D eigenvalue weighted by molar-refractivity contribution is 5.79. The minimum Gasteiger partial charge on any atom is -0.355 e. The van der Waals surface area contributed by atoms with Gasteiger partial charge in [-0.1, -0.05) is 24.3 Å². The number of aromatic nitrogens is 2. The zero-order chi connectivity index (χ0) is 16.8. The van der Waals surface area contributed by atoms with Crippen molar-refractivity contribution in [2.24, 2.45) is 12.0 Å². The molecule has 24 heavy (non-hydrogen) atoms. The van der Waals surface area contributed by atoms with Crippen molar-refractivity contribution in [1.82, 2.24) is 25.3 Å². The number of nitrogens with one attached hydrogen (secondary N) is 2. The lowest BCUT2D eigenvalue weighted by atomic mass is 10.00. The Morgan fingerprint density at radius 3 is 2.79 bits per heavy atom. The molecule has 0 fully saturated rings. The molecule has 0 aliphatic carbocycles. The summed E-state index contributed by atoms with van der Waals surface area (Å²) in [5.41, 5.74) is 4.09. The molecule has 1 aromatic heterocycles. The molecule has 0 saturated heterocycles. The van der Waals surface area contributed by atoms with E-state index >= 15 is 0 Å². The fraction of sp³-hybridized carbons (Fsp3) is 0.444. The standard InChI is InChI=1S/C18H26N6/c1-19-18(21-13-17-7-9-22-23(17)2)20-10-12-24-11-8-15-5-3-4-6-16(15)14-24/h3-7,9H,8,10-14H2,1-2H3,(H2,19,20,21). The molecule has 0 saturated carbocycles. The van der Waals surface area contributed by atoms with Crippen LogP contribution in [0.15, 0.2) is 41.5 Å². The Kier molecular flexibility index (Phi) is 5.48. The van der Waals surface area contributed by atoms with Gasteiger partial charge in [-0.15, -0.1) is 0 Å². The van der Waals surface area contributed by atoms with E-state index in [9.17, 15) is 0 Å². The van der Waals surface area contributed by atoms with Gasteiger partial charge in [0.2, 0.25) is 0 Å². The second-order valence-electron chi connectivity index (χ2n) is 6.09. The summed E-state index contributed by atoms with van der Waals surface area (Å²) in [5.74, 6) is 0.827. The maximum absolute atomic E-state index is 4.28. The van der Waals surface area contributed by atoms with Crippen LogP contribution >= 0.6 is 0 Å². The molecule has 128 valence electrons. The van der Waals surface area contributed by atoms with Crippen molar-refractivity contribution >= 4 is 5.96 Å². The van der Waals surface area contributed by atoms with Gasteiger partial charge in [-0.05, 0) is 23.6 Å². The maximum Gasteiger partial charge on any atom is 0.191 e. The van der Waals surface area contributed by atoms with Crippen LogP contribution in [0.1, 0.15) is 16.8 Å². The fourth-order valence-corrected chi connectivity index (χ4v) is 3.05. The second kappa shape index (κ2) is 7.97. The van der Waals surface area contributed by atoms with E-state index in [1.807, 2.05) is 17.8 Å². The summed E-state index contributed by atoms with van der Waals surface area (Å²) >= 11 is 0. The SMILES string of the molecule is CN=C(NCCN1CCc2ccccc2C1)NCc1ccnn1C. The van der Waals surface area contributed by atoms with Gasteiger partial charge in [-0.25, -0.2) is 0 Å². The van der Waals surface area contributed by atoms with Gasteiger partial charge in [0.1, 0.15) is 0 Å². The molecule has 2 N–H and O–H groups in total. The van der Waals surface area contributed by atoms with Crippen molar-refractivity contribution < 1.29 is 0 Å². The van der Waals surface area contributed by atoms with E-state index in [2.05, 4.69) is 49.9 Å². The normalized spacial score (nSPS) is 15.2. The van der Waals surface area contributed by atoms with Gasteiger partial charge in [-0.3, -0.25) is 14.6 Å². The number of guanidine groups is 1. The van der Waals surface area contributed by atoms with Crippen molar-refractivity contribution in [1.29, 1.82) is 0 Å². The van der Waals surface area contributed by atoms with E-state index in [4.69, 9.17) is 0 Å². The summed E-state index contributed by atoms with van der Waals surface area (Å²) in [7, 11) is 3.75. The van der Waals surface area contributed by atoms with Gasteiger partial charge in [0.25, 0.3) is 0 Å². The first kappa shape index (κ1) is 16.5. The highest BCUT2D eigenvalue weighted by Gasteiger charge is 2.15. The number of fused-ring (bicyclic) bond motifs is 1. The van der Waals surface area contributed by atoms with Crippen molar-refractivity contribution in [2.45, 2.75) is 19.5 Å². The summed E-state index contributed by atoms with van der Waals surface area (Å²) in [6.45, 7) is 4.78. The van der Waals surface area contributed by atoms with Crippen LogP contribution in [-0.4, -0.2) is 47.3 Å². The fourth-order valence-electron chi connectivity index (χ4n) is 3.05. The topological polar surface area (TPSA) is 57.5 Å². The van der Waals surface area contributed by atoms with E-state index in [1.54, 1.807) is 13.2 Å². The Morgan fingerprint density at radius 2 is 2.04 bits per heavy atom. The largest absolute Gasteiger partial charge is 0.355 e. The molecule has 0 bridgehead atoms.